The van der Waals surface area contributed by atoms with Gasteiger partial charge in [0.05, 0.1) is 23.2 Å². The molecule has 21 heavy (non-hydrogen) atoms. The van der Waals surface area contributed by atoms with Gasteiger partial charge in [0.1, 0.15) is 5.82 Å². The molecule has 1 aliphatic rings. The van der Waals surface area contributed by atoms with E-state index in [9.17, 15) is 5.11 Å². The van der Waals surface area contributed by atoms with E-state index in [1.54, 1.807) is 0 Å². The van der Waals surface area contributed by atoms with Crippen LogP contribution in [0.1, 0.15) is 38.9 Å². The van der Waals surface area contributed by atoms with Crippen LogP contribution in [0.2, 0.25) is 0 Å². The van der Waals surface area contributed by atoms with Crippen molar-refractivity contribution >= 4 is 11.0 Å². The minimum Gasteiger partial charge on any atom is -0.394 e. The number of nitrogens with one attached hydrogen (secondary N) is 1. The molecule has 0 amide bonds. The maximum atomic E-state index is 9.86. The third kappa shape index (κ3) is 3.11. The quantitative estimate of drug-likeness (QED) is 0.822. The summed E-state index contributed by atoms with van der Waals surface area (Å²) in [6.45, 7) is 5.19. The molecule has 0 aliphatic heterocycles. The molecule has 1 aromatic heterocycles. The summed E-state index contributed by atoms with van der Waals surface area (Å²) in [5.41, 5.74) is 1.93. The molecule has 1 unspecified atom stereocenters. The Bertz CT molecular complexity index is 618. The Morgan fingerprint density at radius 3 is 2.81 bits per heavy atom. The summed E-state index contributed by atoms with van der Waals surface area (Å²) >= 11 is 0. The molecule has 1 saturated carbocycles. The highest BCUT2D eigenvalue weighted by Crippen LogP contribution is 2.25. The Morgan fingerprint density at radius 1 is 1.38 bits per heavy atom. The molecule has 1 aliphatic carbocycles. The second-order valence-corrected chi connectivity index (χ2v) is 6.49. The number of hydrogen-bond acceptors (Lipinski definition) is 3. The molecule has 0 saturated heterocycles. The van der Waals surface area contributed by atoms with Crippen molar-refractivity contribution < 1.29 is 5.11 Å². The number of para-hydroxylation sites is 2. The Balaban J connectivity index is 1.94. The number of hydrogen-bond donors (Lipinski definition) is 2. The van der Waals surface area contributed by atoms with Crippen molar-refractivity contribution in [2.75, 3.05) is 6.61 Å². The average Bonchev–Trinajstić information content (AvgIpc) is 3.23. The van der Waals surface area contributed by atoms with E-state index in [1.807, 2.05) is 6.07 Å². The van der Waals surface area contributed by atoms with Gasteiger partial charge in [-0.15, -0.1) is 0 Å². The maximum Gasteiger partial charge on any atom is 0.109 e. The van der Waals surface area contributed by atoms with Crippen LogP contribution in [0.15, 0.2) is 24.3 Å². The van der Waals surface area contributed by atoms with Gasteiger partial charge in [0.15, 0.2) is 0 Å². The topological polar surface area (TPSA) is 50.1 Å². The maximum absolute atomic E-state index is 9.86. The first-order chi connectivity index (χ1) is 10.1. The van der Waals surface area contributed by atoms with Crippen LogP contribution in [-0.2, 0) is 13.0 Å². The highest BCUT2D eigenvalue weighted by Gasteiger charge is 2.33. The molecule has 3 rings (SSSR count). The van der Waals surface area contributed by atoms with E-state index < -0.39 is 0 Å². The molecule has 1 heterocycles. The molecule has 0 radical (unpaired) electrons. The van der Waals surface area contributed by atoms with Gasteiger partial charge >= 0.3 is 0 Å². The summed E-state index contributed by atoms with van der Waals surface area (Å²) in [7, 11) is 0. The van der Waals surface area contributed by atoms with Gasteiger partial charge in [-0.2, -0.15) is 0 Å². The van der Waals surface area contributed by atoms with Crippen LogP contribution in [0.3, 0.4) is 0 Å². The lowest BCUT2D eigenvalue weighted by molar-refractivity contribution is 0.155. The second kappa shape index (κ2) is 5.78. The highest BCUT2D eigenvalue weighted by atomic mass is 16.3. The van der Waals surface area contributed by atoms with E-state index in [4.69, 9.17) is 4.98 Å². The lowest BCUT2D eigenvalue weighted by atomic mass is 10.0. The van der Waals surface area contributed by atoms with Gasteiger partial charge in [0, 0.05) is 19.0 Å². The fourth-order valence-electron chi connectivity index (χ4n) is 2.93. The second-order valence-electron chi connectivity index (χ2n) is 6.49. The fraction of sp³-hybridized carbons (Fsp3) is 0.588. The number of nitrogens with zero attached hydrogens (tertiary/aromatic N) is 2. The summed E-state index contributed by atoms with van der Waals surface area (Å²) in [6, 6.07) is 8.85. The molecular formula is C17H25N3O. The zero-order valence-electron chi connectivity index (χ0n) is 13.0. The van der Waals surface area contributed by atoms with Crippen LogP contribution in [0.5, 0.6) is 0 Å². The molecule has 4 heteroatoms. The molecule has 4 nitrogen and oxygen atoms in total. The van der Waals surface area contributed by atoms with Gasteiger partial charge in [0.25, 0.3) is 0 Å². The van der Waals surface area contributed by atoms with Crippen LogP contribution in [0, 0.1) is 0 Å². The van der Waals surface area contributed by atoms with Crippen LogP contribution in [0.4, 0.5) is 0 Å². The zero-order chi connectivity index (χ0) is 14.9. The van der Waals surface area contributed by atoms with Crippen molar-refractivity contribution in [2.45, 2.75) is 57.7 Å². The lowest BCUT2D eigenvalue weighted by Gasteiger charge is -2.30. The summed E-state index contributed by atoms with van der Waals surface area (Å²) in [5, 5.41) is 13.4. The molecule has 114 valence electrons. The third-order valence-corrected chi connectivity index (χ3v) is 4.19. The van der Waals surface area contributed by atoms with Gasteiger partial charge in [0.2, 0.25) is 0 Å². The first-order valence-corrected chi connectivity index (χ1v) is 7.98. The molecule has 2 N–H and O–H groups in total. The Kier molecular flexibility index (Phi) is 4.00. The Morgan fingerprint density at radius 2 is 2.14 bits per heavy atom. The molecule has 1 aromatic carbocycles. The number of aromatic nitrogens is 2. The van der Waals surface area contributed by atoms with Gasteiger partial charge in [-0.1, -0.05) is 19.1 Å². The summed E-state index contributed by atoms with van der Waals surface area (Å²) in [4.78, 5) is 4.77. The van der Waals surface area contributed by atoms with E-state index in [1.165, 1.54) is 18.4 Å². The van der Waals surface area contributed by atoms with E-state index in [2.05, 4.69) is 41.9 Å². The Hall–Kier alpha value is -1.39. The first-order valence-electron chi connectivity index (χ1n) is 7.98. The van der Waals surface area contributed by atoms with Crippen LogP contribution in [-0.4, -0.2) is 32.8 Å². The van der Waals surface area contributed by atoms with Crippen molar-refractivity contribution in [1.82, 2.24) is 14.9 Å². The smallest absolute Gasteiger partial charge is 0.109 e. The predicted molar refractivity (Wildman–Crippen MR) is 85.4 cm³/mol. The standard InChI is InChI=1S/C17H25N3O/c1-3-6-16-18-14-7-4-5-8-15(14)20(16)11-17(2,12-21)19-13-9-10-13/h4-5,7-8,13,19,21H,3,6,9-12H2,1-2H3. The lowest BCUT2D eigenvalue weighted by Crippen LogP contribution is -2.50. The first kappa shape index (κ1) is 14.5. The molecular weight excluding hydrogens is 262 g/mol. The number of imidazole rings is 1. The van der Waals surface area contributed by atoms with E-state index in [0.29, 0.717) is 6.04 Å². The summed E-state index contributed by atoms with van der Waals surface area (Å²) in [5.74, 6) is 1.12. The van der Waals surface area contributed by atoms with Gasteiger partial charge in [-0.25, -0.2) is 4.98 Å². The molecule has 2 aromatic rings. The van der Waals surface area contributed by atoms with E-state index in [-0.39, 0.29) is 12.1 Å². The number of aryl methyl sites for hydroxylation is 1. The van der Waals surface area contributed by atoms with Gasteiger partial charge < -0.3 is 15.0 Å². The minimum atomic E-state index is -0.285. The number of aliphatic hydroxyl groups is 1. The fourth-order valence-corrected chi connectivity index (χ4v) is 2.93. The van der Waals surface area contributed by atoms with Crippen molar-refractivity contribution in [3.05, 3.63) is 30.1 Å². The predicted octanol–water partition coefficient (Wildman–Crippen LogP) is 2.49. The van der Waals surface area contributed by atoms with Crippen molar-refractivity contribution in [3.8, 4) is 0 Å². The van der Waals surface area contributed by atoms with Gasteiger partial charge in [-0.3, -0.25) is 0 Å². The van der Waals surface area contributed by atoms with E-state index in [0.717, 1.165) is 30.7 Å². The van der Waals surface area contributed by atoms with Crippen molar-refractivity contribution in [1.29, 1.82) is 0 Å². The largest absolute Gasteiger partial charge is 0.394 e. The SMILES string of the molecule is CCCc1nc2ccccc2n1CC(C)(CO)NC1CC1. The molecule has 1 fully saturated rings. The molecule has 1 atom stereocenters. The summed E-state index contributed by atoms with van der Waals surface area (Å²) < 4.78 is 2.28. The minimum absolute atomic E-state index is 0.140. The number of rotatable bonds is 7. The van der Waals surface area contributed by atoms with Crippen molar-refractivity contribution in [3.63, 3.8) is 0 Å². The monoisotopic (exact) mass is 287 g/mol. The molecule has 0 spiro atoms. The molecule has 0 bridgehead atoms. The number of fused-ring (bicyclic) bond motifs is 1. The van der Waals surface area contributed by atoms with E-state index >= 15 is 0 Å². The Labute approximate surface area is 126 Å². The van der Waals surface area contributed by atoms with Crippen LogP contribution < -0.4 is 5.32 Å². The summed E-state index contributed by atoms with van der Waals surface area (Å²) in [6.07, 6.45) is 4.50. The third-order valence-electron chi connectivity index (χ3n) is 4.19. The van der Waals surface area contributed by atoms with Crippen molar-refractivity contribution in [2.24, 2.45) is 0 Å². The number of benzene rings is 1. The van der Waals surface area contributed by atoms with Crippen LogP contribution >= 0.6 is 0 Å². The van der Waals surface area contributed by atoms with Crippen LogP contribution in [0.25, 0.3) is 11.0 Å². The zero-order valence-corrected chi connectivity index (χ0v) is 13.0. The number of aliphatic hydroxyl groups excluding tert-OH is 1. The average molecular weight is 287 g/mol. The van der Waals surface area contributed by atoms with Gasteiger partial charge in [-0.05, 0) is 38.3 Å². The normalized spacial score (nSPS) is 18.0. The highest BCUT2D eigenvalue weighted by molar-refractivity contribution is 5.75.